The summed E-state index contributed by atoms with van der Waals surface area (Å²) in [6.45, 7) is 8.75. The summed E-state index contributed by atoms with van der Waals surface area (Å²) in [6.07, 6.45) is 2.69. The van der Waals surface area contributed by atoms with Gasteiger partial charge in [0.2, 0.25) is 5.91 Å². The maximum atomic E-state index is 11.8. The second-order valence-electron chi connectivity index (χ2n) is 4.97. The predicted molar refractivity (Wildman–Crippen MR) is 75.9 cm³/mol. The number of rotatable bonds is 9. The van der Waals surface area contributed by atoms with Crippen molar-refractivity contribution in [1.82, 2.24) is 10.2 Å². The van der Waals surface area contributed by atoms with E-state index in [9.17, 15) is 9.59 Å². The van der Waals surface area contributed by atoms with Crippen LogP contribution in [0, 0.1) is 0 Å². The average molecular weight is 272 g/mol. The fourth-order valence-electron chi connectivity index (χ4n) is 1.98. The maximum Gasteiger partial charge on any atom is 0.323 e. The Kier molecular flexibility index (Phi) is 9.21. The monoisotopic (exact) mass is 272 g/mol. The molecule has 0 aromatic heterocycles. The van der Waals surface area contributed by atoms with Gasteiger partial charge < -0.3 is 10.1 Å². The van der Waals surface area contributed by atoms with Gasteiger partial charge in [0.15, 0.2) is 0 Å². The Balaban J connectivity index is 4.63. The van der Waals surface area contributed by atoms with Gasteiger partial charge in [0, 0.05) is 6.04 Å². The topological polar surface area (TPSA) is 58.6 Å². The van der Waals surface area contributed by atoms with Crippen molar-refractivity contribution in [2.75, 3.05) is 20.2 Å². The van der Waals surface area contributed by atoms with Crippen LogP contribution >= 0.6 is 0 Å². The molecule has 1 atom stereocenters. The van der Waals surface area contributed by atoms with Crippen LogP contribution in [0.2, 0.25) is 0 Å². The van der Waals surface area contributed by atoms with Crippen molar-refractivity contribution in [2.45, 2.75) is 59.0 Å². The van der Waals surface area contributed by atoms with Crippen molar-refractivity contribution in [3.8, 4) is 0 Å². The van der Waals surface area contributed by atoms with E-state index in [0.717, 1.165) is 19.3 Å². The molecule has 112 valence electrons. The van der Waals surface area contributed by atoms with E-state index in [1.165, 1.54) is 7.11 Å². The van der Waals surface area contributed by atoms with E-state index in [-0.39, 0.29) is 30.5 Å². The summed E-state index contributed by atoms with van der Waals surface area (Å²) >= 11 is 0. The lowest BCUT2D eigenvalue weighted by Gasteiger charge is -2.28. The van der Waals surface area contributed by atoms with Crippen molar-refractivity contribution in [3.05, 3.63) is 0 Å². The first-order valence-electron chi connectivity index (χ1n) is 7.07. The van der Waals surface area contributed by atoms with E-state index >= 15 is 0 Å². The third kappa shape index (κ3) is 7.15. The highest BCUT2D eigenvalue weighted by Gasteiger charge is 2.26. The molecule has 0 aliphatic heterocycles. The minimum absolute atomic E-state index is 0.0535. The highest BCUT2D eigenvalue weighted by molar-refractivity contribution is 5.80. The largest absolute Gasteiger partial charge is 0.468 e. The lowest BCUT2D eigenvalue weighted by Crippen LogP contribution is -2.48. The van der Waals surface area contributed by atoms with Gasteiger partial charge in [-0.15, -0.1) is 0 Å². The molecule has 0 spiro atoms. The van der Waals surface area contributed by atoms with Gasteiger partial charge in [-0.1, -0.05) is 26.7 Å². The van der Waals surface area contributed by atoms with Crippen LogP contribution < -0.4 is 5.32 Å². The minimum Gasteiger partial charge on any atom is -0.468 e. The van der Waals surface area contributed by atoms with E-state index in [4.69, 9.17) is 4.74 Å². The van der Waals surface area contributed by atoms with E-state index in [1.54, 1.807) is 0 Å². The van der Waals surface area contributed by atoms with Gasteiger partial charge in [0.25, 0.3) is 0 Å². The number of carbonyl (C=O) groups excluding carboxylic acids is 2. The number of unbranched alkanes of at least 4 members (excludes halogenated alkanes) is 1. The van der Waals surface area contributed by atoms with Crippen molar-refractivity contribution in [3.63, 3.8) is 0 Å². The Morgan fingerprint density at radius 1 is 1.26 bits per heavy atom. The Hall–Kier alpha value is -1.10. The van der Waals surface area contributed by atoms with Gasteiger partial charge in [-0.2, -0.15) is 0 Å². The predicted octanol–water partition coefficient (Wildman–Crippen LogP) is 1.56. The summed E-state index contributed by atoms with van der Waals surface area (Å²) in [7, 11) is 1.39. The first-order valence-corrected chi connectivity index (χ1v) is 7.07. The molecule has 0 radical (unpaired) electrons. The van der Waals surface area contributed by atoms with Crippen LogP contribution in [-0.2, 0) is 14.3 Å². The zero-order valence-corrected chi connectivity index (χ0v) is 12.9. The second-order valence-corrected chi connectivity index (χ2v) is 4.97. The number of ether oxygens (including phenoxy) is 1. The van der Waals surface area contributed by atoms with Crippen LogP contribution in [0.5, 0.6) is 0 Å². The zero-order valence-electron chi connectivity index (χ0n) is 12.9. The number of nitrogens with one attached hydrogen (secondary N) is 1. The number of methoxy groups -OCH3 is 1. The van der Waals surface area contributed by atoms with E-state index < -0.39 is 0 Å². The smallest absolute Gasteiger partial charge is 0.323 e. The average Bonchev–Trinajstić information content (AvgIpc) is 2.36. The van der Waals surface area contributed by atoms with Gasteiger partial charge >= 0.3 is 5.97 Å². The molecule has 0 aromatic carbocycles. The summed E-state index contributed by atoms with van der Waals surface area (Å²) in [4.78, 5) is 25.5. The molecule has 5 nitrogen and oxygen atoms in total. The lowest BCUT2D eigenvalue weighted by molar-refractivity contribution is -0.147. The van der Waals surface area contributed by atoms with Gasteiger partial charge in [-0.25, -0.2) is 0 Å². The van der Waals surface area contributed by atoms with Gasteiger partial charge in [-0.05, 0) is 26.8 Å². The summed E-state index contributed by atoms with van der Waals surface area (Å²) < 4.78 is 4.84. The quantitative estimate of drug-likeness (QED) is 0.647. The summed E-state index contributed by atoms with van der Waals surface area (Å²) in [5.41, 5.74) is 0. The number of hydrogen-bond donors (Lipinski definition) is 1. The van der Waals surface area contributed by atoms with Gasteiger partial charge in [0.05, 0.1) is 13.7 Å². The van der Waals surface area contributed by atoms with Crippen molar-refractivity contribution in [1.29, 1.82) is 0 Å². The molecule has 0 fully saturated rings. The van der Waals surface area contributed by atoms with Gasteiger partial charge in [-0.3, -0.25) is 14.5 Å². The van der Waals surface area contributed by atoms with Crippen LogP contribution in [0.25, 0.3) is 0 Å². The molecule has 0 aromatic rings. The molecular formula is C14H28N2O3. The van der Waals surface area contributed by atoms with Crippen LogP contribution in [-0.4, -0.2) is 49.1 Å². The van der Waals surface area contributed by atoms with E-state index in [2.05, 4.69) is 12.2 Å². The lowest BCUT2D eigenvalue weighted by atomic mass is 10.1. The number of esters is 1. The Morgan fingerprint density at radius 2 is 1.89 bits per heavy atom. The van der Waals surface area contributed by atoms with Crippen LogP contribution in [0.15, 0.2) is 0 Å². The first-order chi connectivity index (χ1) is 8.96. The Morgan fingerprint density at radius 3 is 2.32 bits per heavy atom. The molecule has 0 aliphatic carbocycles. The molecule has 1 amide bonds. The molecular weight excluding hydrogens is 244 g/mol. The molecule has 0 saturated heterocycles. The molecule has 1 N–H and O–H groups in total. The van der Waals surface area contributed by atoms with E-state index in [1.807, 2.05) is 25.7 Å². The SMILES string of the molecule is CCCCC(C(=O)OC)N(CC)CC(=O)NC(C)C. The first kappa shape index (κ1) is 17.9. The molecule has 19 heavy (non-hydrogen) atoms. The molecule has 0 rings (SSSR count). The fraction of sp³-hybridized carbons (Fsp3) is 0.857. The molecule has 0 aliphatic rings. The fourth-order valence-corrected chi connectivity index (χ4v) is 1.98. The molecule has 0 saturated carbocycles. The molecule has 0 heterocycles. The zero-order chi connectivity index (χ0) is 14.8. The highest BCUT2D eigenvalue weighted by Crippen LogP contribution is 2.10. The van der Waals surface area contributed by atoms with Crippen molar-refractivity contribution in [2.24, 2.45) is 0 Å². The summed E-state index contributed by atoms with van der Waals surface area (Å²) in [5.74, 6) is -0.310. The maximum absolute atomic E-state index is 11.8. The number of hydrogen-bond acceptors (Lipinski definition) is 4. The molecule has 5 heteroatoms. The summed E-state index contributed by atoms with van der Waals surface area (Å²) in [5, 5.41) is 2.84. The third-order valence-corrected chi connectivity index (χ3v) is 2.95. The number of nitrogens with zero attached hydrogens (tertiary/aromatic N) is 1. The Bertz CT molecular complexity index is 280. The van der Waals surface area contributed by atoms with Crippen LogP contribution in [0.3, 0.4) is 0 Å². The standard InChI is InChI=1S/C14H28N2O3/c1-6-8-9-12(14(18)19-5)16(7-2)10-13(17)15-11(3)4/h11-12H,6-10H2,1-5H3,(H,15,17). The minimum atomic E-state index is -0.326. The summed E-state index contributed by atoms with van der Waals surface area (Å²) in [6, 6.07) is -0.216. The van der Waals surface area contributed by atoms with Crippen LogP contribution in [0.4, 0.5) is 0 Å². The molecule has 1 unspecified atom stereocenters. The van der Waals surface area contributed by atoms with Crippen molar-refractivity contribution >= 4 is 11.9 Å². The Labute approximate surface area is 116 Å². The van der Waals surface area contributed by atoms with E-state index in [0.29, 0.717) is 6.54 Å². The van der Waals surface area contributed by atoms with Crippen LogP contribution in [0.1, 0.15) is 47.0 Å². The van der Waals surface area contributed by atoms with Crippen molar-refractivity contribution < 1.29 is 14.3 Å². The number of likely N-dealkylation sites (N-methyl/N-ethyl adjacent to an activating group) is 1. The van der Waals surface area contributed by atoms with Gasteiger partial charge in [0.1, 0.15) is 6.04 Å². The number of amides is 1. The second kappa shape index (κ2) is 9.78. The highest BCUT2D eigenvalue weighted by atomic mass is 16.5. The number of carbonyl (C=O) groups is 2. The third-order valence-electron chi connectivity index (χ3n) is 2.95. The molecule has 0 bridgehead atoms. The normalized spacial score (nSPS) is 12.6.